The number of carbonyl (C=O) groups excluding carboxylic acids is 1. The van der Waals surface area contributed by atoms with Crippen molar-refractivity contribution in [3.8, 4) is 0 Å². The number of esters is 1. The third-order valence-corrected chi connectivity index (χ3v) is 3.86. The Morgan fingerprint density at radius 3 is 2.58 bits per heavy atom. The SMILES string of the molecule is O=C(O[C@H]1OCCN[C@H]1c1ccccc1)c1cc(F)cc(C(F)(F)F)c1. The molecular weight excluding hydrogens is 354 g/mol. The normalized spacial score (nSPS) is 20.6. The van der Waals surface area contributed by atoms with Crippen LogP contribution < -0.4 is 5.32 Å². The fourth-order valence-electron chi connectivity index (χ4n) is 2.66. The van der Waals surface area contributed by atoms with Crippen molar-refractivity contribution in [1.82, 2.24) is 5.32 Å². The molecule has 1 fully saturated rings. The van der Waals surface area contributed by atoms with Gasteiger partial charge in [-0.15, -0.1) is 0 Å². The molecule has 26 heavy (non-hydrogen) atoms. The monoisotopic (exact) mass is 369 g/mol. The lowest BCUT2D eigenvalue weighted by Gasteiger charge is -2.32. The van der Waals surface area contributed by atoms with Crippen molar-refractivity contribution in [2.75, 3.05) is 13.2 Å². The quantitative estimate of drug-likeness (QED) is 0.662. The molecule has 138 valence electrons. The minimum Gasteiger partial charge on any atom is -0.430 e. The lowest BCUT2D eigenvalue weighted by molar-refractivity contribution is -0.146. The summed E-state index contributed by atoms with van der Waals surface area (Å²) in [6.45, 7) is 0.782. The molecule has 3 rings (SSSR count). The largest absolute Gasteiger partial charge is 0.430 e. The summed E-state index contributed by atoms with van der Waals surface area (Å²) < 4.78 is 62.5. The molecule has 0 unspecified atom stereocenters. The summed E-state index contributed by atoms with van der Waals surface area (Å²) in [5.74, 6) is -2.27. The molecule has 0 radical (unpaired) electrons. The van der Waals surface area contributed by atoms with Gasteiger partial charge < -0.3 is 14.8 Å². The van der Waals surface area contributed by atoms with Gasteiger partial charge in [0.05, 0.1) is 23.8 Å². The van der Waals surface area contributed by atoms with Crippen molar-refractivity contribution in [2.24, 2.45) is 0 Å². The summed E-state index contributed by atoms with van der Waals surface area (Å²) in [6, 6.07) is 10.1. The van der Waals surface area contributed by atoms with Crippen LogP contribution >= 0.6 is 0 Å². The van der Waals surface area contributed by atoms with Crippen LogP contribution in [0.2, 0.25) is 0 Å². The number of alkyl halides is 3. The minimum absolute atomic E-state index is 0.262. The number of benzene rings is 2. The number of halogens is 4. The third-order valence-electron chi connectivity index (χ3n) is 3.86. The van der Waals surface area contributed by atoms with E-state index in [2.05, 4.69) is 5.32 Å². The zero-order chi connectivity index (χ0) is 18.7. The van der Waals surface area contributed by atoms with E-state index in [0.717, 1.165) is 5.56 Å². The van der Waals surface area contributed by atoms with Gasteiger partial charge in [0, 0.05) is 6.54 Å². The molecule has 1 aliphatic heterocycles. The maximum atomic E-state index is 13.5. The average molecular weight is 369 g/mol. The van der Waals surface area contributed by atoms with E-state index >= 15 is 0 Å². The summed E-state index contributed by atoms with van der Waals surface area (Å²) in [5.41, 5.74) is -0.995. The number of morpholine rings is 1. The number of ether oxygens (including phenoxy) is 2. The van der Waals surface area contributed by atoms with E-state index in [-0.39, 0.29) is 6.61 Å². The second-order valence-corrected chi connectivity index (χ2v) is 5.71. The summed E-state index contributed by atoms with van der Waals surface area (Å²) >= 11 is 0. The van der Waals surface area contributed by atoms with Gasteiger partial charge in [-0.2, -0.15) is 13.2 Å². The molecule has 0 bridgehead atoms. The van der Waals surface area contributed by atoms with Crippen LogP contribution in [-0.4, -0.2) is 25.4 Å². The van der Waals surface area contributed by atoms with Crippen molar-refractivity contribution in [3.63, 3.8) is 0 Å². The van der Waals surface area contributed by atoms with E-state index in [1.165, 1.54) is 0 Å². The highest BCUT2D eigenvalue weighted by Gasteiger charge is 2.34. The van der Waals surface area contributed by atoms with E-state index < -0.39 is 41.4 Å². The first-order valence-electron chi connectivity index (χ1n) is 7.83. The Labute approximate surface area is 146 Å². The molecule has 1 N–H and O–H groups in total. The number of hydrogen-bond donors (Lipinski definition) is 1. The minimum atomic E-state index is -4.77. The van der Waals surface area contributed by atoms with E-state index in [1.807, 2.05) is 6.07 Å². The Balaban J connectivity index is 1.81. The second-order valence-electron chi connectivity index (χ2n) is 5.71. The van der Waals surface area contributed by atoms with E-state index in [1.54, 1.807) is 24.3 Å². The smallest absolute Gasteiger partial charge is 0.416 e. The Bertz CT molecular complexity index is 780. The zero-order valence-corrected chi connectivity index (χ0v) is 13.4. The van der Waals surface area contributed by atoms with Crippen LogP contribution in [0.25, 0.3) is 0 Å². The van der Waals surface area contributed by atoms with Crippen molar-refractivity contribution in [2.45, 2.75) is 18.5 Å². The number of rotatable bonds is 3. The van der Waals surface area contributed by atoms with Gasteiger partial charge in [-0.05, 0) is 23.8 Å². The molecule has 0 spiro atoms. The van der Waals surface area contributed by atoms with Gasteiger partial charge in [-0.1, -0.05) is 30.3 Å². The van der Waals surface area contributed by atoms with E-state index in [9.17, 15) is 22.4 Å². The van der Waals surface area contributed by atoms with Crippen LogP contribution in [0.1, 0.15) is 27.5 Å². The van der Waals surface area contributed by atoms with Gasteiger partial charge in [0.1, 0.15) is 5.82 Å². The predicted octanol–water partition coefficient (Wildman–Crippen LogP) is 3.69. The fourth-order valence-corrected chi connectivity index (χ4v) is 2.66. The number of carbonyl (C=O) groups is 1. The van der Waals surface area contributed by atoms with Gasteiger partial charge in [-0.3, -0.25) is 0 Å². The van der Waals surface area contributed by atoms with Crippen LogP contribution in [0.4, 0.5) is 17.6 Å². The fraction of sp³-hybridized carbons (Fsp3) is 0.278. The molecule has 0 amide bonds. The molecule has 1 saturated heterocycles. The highest BCUT2D eigenvalue weighted by atomic mass is 19.4. The molecule has 2 atom stereocenters. The maximum Gasteiger partial charge on any atom is 0.416 e. The Hall–Kier alpha value is -2.45. The Morgan fingerprint density at radius 1 is 1.15 bits per heavy atom. The van der Waals surface area contributed by atoms with E-state index in [0.29, 0.717) is 24.7 Å². The molecule has 0 saturated carbocycles. The van der Waals surface area contributed by atoms with Crippen LogP contribution in [0, 0.1) is 5.82 Å². The van der Waals surface area contributed by atoms with Gasteiger partial charge in [0.15, 0.2) is 0 Å². The molecule has 2 aromatic rings. The Kier molecular flexibility index (Phi) is 5.24. The van der Waals surface area contributed by atoms with Gasteiger partial charge in [0.2, 0.25) is 6.29 Å². The summed E-state index contributed by atoms with van der Waals surface area (Å²) in [5, 5.41) is 3.13. The van der Waals surface area contributed by atoms with Crippen LogP contribution in [0.5, 0.6) is 0 Å². The molecule has 2 aromatic carbocycles. The Morgan fingerprint density at radius 2 is 1.88 bits per heavy atom. The van der Waals surface area contributed by atoms with Gasteiger partial charge in [0.25, 0.3) is 0 Å². The van der Waals surface area contributed by atoms with Crippen molar-refractivity contribution in [1.29, 1.82) is 0 Å². The summed E-state index contributed by atoms with van der Waals surface area (Å²) in [6.07, 6.45) is -5.82. The first-order valence-corrected chi connectivity index (χ1v) is 7.83. The molecule has 1 aliphatic rings. The van der Waals surface area contributed by atoms with Crippen LogP contribution in [-0.2, 0) is 15.7 Å². The lowest BCUT2D eigenvalue weighted by atomic mass is 10.1. The van der Waals surface area contributed by atoms with Crippen molar-refractivity contribution >= 4 is 5.97 Å². The van der Waals surface area contributed by atoms with Crippen LogP contribution in [0.3, 0.4) is 0 Å². The zero-order valence-electron chi connectivity index (χ0n) is 13.4. The second kappa shape index (κ2) is 7.43. The van der Waals surface area contributed by atoms with Crippen molar-refractivity contribution in [3.05, 3.63) is 71.0 Å². The average Bonchev–Trinajstić information content (AvgIpc) is 2.61. The van der Waals surface area contributed by atoms with Gasteiger partial charge >= 0.3 is 12.1 Å². The highest BCUT2D eigenvalue weighted by molar-refractivity contribution is 5.89. The summed E-state index contributed by atoms with van der Waals surface area (Å²) in [4.78, 5) is 12.3. The maximum absolute atomic E-state index is 13.5. The molecule has 4 nitrogen and oxygen atoms in total. The lowest BCUT2D eigenvalue weighted by Crippen LogP contribution is -2.44. The third kappa shape index (κ3) is 4.20. The van der Waals surface area contributed by atoms with Crippen LogP contribution in [0.15, 0.2) is 48.5 Å². The first kappa shape index (κ1) is 18.3. The molecule has 1 heterocycles. The molecule has 0 aliphatic carbocycles. The molecule has 0 aromatic heterocycles. The highest BCUT2D eigenvalue weighted by Crippen LogP contribution is 2.31. The predicted molar refractivity (Wildman–Crippen MR) is 83.7 cm³/mol. The first-order chi connectivity index (χ1) is 12.3. The standard InChI is InChI=1S/C18H15F4NO3/c19-14-9-12(8-13(10-14)18(20,21)22)16(24)26-17-15(23-6-7-25-17)11-4-2-1-3-5-11/h1-5,8-10,15,17,23H,6-7H2/t15-,17+/m0/s1. The summed E-state index contributed by atoms with van der Waals surface area (Å²) in [7, 11) is 0. The van der Waals surface area contributed by atoms with E-state index in [4.69, 9.17) is 9.47 Å². The van der Waals surface area contributed by atoms with Crippen molar-refractivity contribution < 1.29 is 31.8 Å². The number of nitrogens with one attached hydrogen (secondary N) is 1. The van der Waals surface area contributed by atoms with Gasteiger partial charge in [-0.25, -0.2) is 9.18 Å². The topological polar surface area (TPSA) is 47.6 Å². The molecule has 8 heteroatoms. The molecular formula is C18H15F4NO3. The number of hydrogen-bond acceptors (Lipinski definition) is 4.